The maximum Gasteiger partial charge on any atom is 0.200 e. The van der Waals surface area contributed by atoms with Crippen LogP contribution in [0.3, 0.4) is 0 Å². The summed E-state index contributed by atoms with van der Waals surface area (Å²) in [6.45, 7) is -0.0991. The molecule has 0 heterocycles. The van der Waals surface area contributed by atoms with Gasteiger partial charge in [0, 0.05) is 9.80 Å². The summed E-state index contributed by atoms with van der Waals surface area (Å²) in [4.78, 5) is 0. The molecule has 1 N–H and O–H groups in total. The summed E-state index contributed by atoms with van der Waals surface area (Å²) < 4.78 is 31.3. The van der Waals surface area contributed by atoms with Gasteiger partial charge in [-0.15, -0.1) is 0 Å². The fraction of sp³-hybridized carbons (Fsp3) is 0.333. The smallest absolute Gasteiger partial charge is 0.200 e. The molecule has 6 heteroatoms. The predicted octanol–water partition coefficient (Wildman–Crippen LogP) is 2.86. The number of benzene rings is 1. The fourth-order valence-corrected chi connectivity index (χ4v) is 1.46. The van der Waals surface area contributed by atoms with E-state index in [0.717, 1.165) is 6.07 Å². The van der Waals surface area contributed by atoms with Crippen LogP contribution in [0.5, 0.6) is 5.75 Å². The third-order valence-electron chi connectivity index (χ3n) is 1.57. The van der Waals surface area contributed by atoms with Gasteiger partial charge in [0.25, 0.3) is 0 Å². The van der Waals surface area contributed by atoms with Crippen LogP contribution < -0.4 is 4.74 Å². The molecule has 0 spiro atoms. The van der Waals surface area contributed by atoms with Crippen LogP contribution in [0.2, 0.25) is 0 Å². The maximum atomic E-state index is 13.1. The van der Waals surface area contributed by atoms with Gasteiger partial charge in [0.05, 0.1) is 6.10 Å². The van der Waals surface area contributed by atoms with Gasteiger partial charge in [-0.2, -0.15) is 4.39 Å². The summed E-state index contributed by atoms with van der Waals surface area (Å²) in [5, 5.41) is 9.46. The zero-order valence-corrected chi connectivity index (χ0v) is 10.7. The minimum absolute atomic E-state index is 0.0991. The molecular formula is C9H8Br2F2O2. The second kappa shape index (κ2) is 5.77. The highest BCUT2D eigenvalue weighted by atomic mass is 79.9. The molecule has 0 aliphatic carbocycles. The Labute approximate surface area is 103 Å². The lowest BCUT2D eigenvalue weighted by Crippen LogP contribution is -2.19. The Bertz CT molecular complexity index is 347. The van der Waals surface area contributed by atoms with Crippen LogP contribution in [0.1, 0.15) is 0 Å². The third kappa shape index (κ3) is 3.70. The Balaban J connectivity index is 2.76. The second-order valence-electron chi connectivity index (χ2n) is 2.82. The Morgan fingerprint density at radius 3 is 2.67 bits per heavy atom. The normalized spacial score (nSPS) is 12.6. The van der Waals surface area contributed by atoms with Crippen molar-refractivity contribution >= 4 is 31.9 Å². The van der Waals surface area contributed by atoms with Gasteiger partial charge in [-0.1, -0.05) is 31.9 Å². The van der Waals surface area contributed by atoms with Gasteiger partial charge in [-0.3, -0.25) is 0 Å². The van der Waals surface area contributed by atoms with Gasteiger partial charge in [0.2, 0.25) is 5.82 Å². The number of alkyl halides is 1. The fourth-order valence-electron chi connectivity index (χ4n) is 0.868. The zero-order valence-electron chi connectivity index (χ0n) is 7.51. The first-order valence-corrected chi connectivity index (χ1v) is 5.97. The van der Waals surface area contributed by atoms with Gasteiger partial charge in [-0.05, 0) is 12.1 Å². The van der Waals surface area contributed by atoms with Crippen molar-refractivity contribution in [3.05, 3.63) is 28.2 Å². The van der Waals surface area contributed by atoms with Crippen LogP contribution in [-0.4, -0.2) is 23.1 Å². The molecule has 84 valence electrons. The minimum Gasteiger partial charge on any atom is -0.488 e. The molecule has 0 aliphatic rings. The van der Waals surface area contributed by atoms with E-state index in [1.165, 1.54) is 6.07 Å². The first-order chi connectivity index (χ1) is 7.04. The highest BCUT2D eigenvalue weighted by molar-refractivity contribution is 9.10. The number of hydrogen-bond acceptors (Lipinski definition) is 2. The highest BCUT2D eigenvalue weighted by Crippen LogP contribution is 2.25. The molecule has 0 aliphatic heterocycles. The molecule has 1 aromatic rings. The lowest BCUT2D eigenvalue weighted by Gasteiger charge is -2.10. The molecule has 0 saturated carbocycles. The van der Waals surface area contributed by atoms with Crippen LogP contribution in [-0.2, 0) is 0 Å². The average molecular weight is 346 g/mol. The van der Waals surface area contributed by atoms with Crippen LogP contribution >= 0.6 is 31.9 Å². The van der Waals surface area contributed by atoms with Crippen molar-refractivity contribution in [1.82, 2.24) is 0 Å². The monoisotopic (exact) mass is 344 g/mol. The summed E-state index contributed by atoms with van der Waals surface area (Å²) in [6, 6.07) is 2.31. The topological polar surface area (TPSA) is 29.5 Å². The van der Waals surface area contributed by atoms with Gasteiger partial charge < -0.3 is 9.84 Å². The van der Waals surface area contributed by atoms with Gasteiger partial charge in [0.15, 0.2) is 11.6 Å². The summed E-state index contributed by atoms with van der Waals surface area (Å²) in [6.07, 6.45) is -0.758. The summed E-state index contributed by atoms with van der Waals surface area (Å²) in [5.74, 6) is -2.27. The van der Waals surface area contributed by atoms with E-state index in [2.05, 4.69) is 31.9 Å². The Morgan fingerprint density at radius 1 is 1.40 bits per heavy atom. The SMILES string of the molecule is OC(CBr)COc1cc(Br)cc(F)c1F. The molecule has 0 bridgehead atoms. The number of halogens is 4. The molecule has 0 amide bonds. The molecule has 2 nitrogen and oxygen atoms in total. The van der Waals surface area contributed by atoms with Crippen LogP contribution in [0.25, 0.3) is 0 Å². The minimum atomic E-state index is -1.06. The number of hydrogen-bond donors (Lipinski definition) is 1. The van der Waals surface area contributed by atoms with Crippen molar-refractivity contribution in [3.63, 3.8) is 0 Å². The summed E-state index contributed by atoms with van der Waals surface area (Å²) >= 11 is 6.04. The third-order valence-corrected chi connectivity index (χ3v) is 2.77. The molecule has 1 atom stereocenters. The molecule has 15 heavy (non-hydrogen) atoms. The van der Waals surface area contributed by atoms with Crippen LogP contribution in [0, 0.1) is 11.6 Å². The second-order valence-corrected chi connectivity index (χ2v) is 4.38. The van der Waals surface area contributed by atoms with Gasteiger partial charge >= 0.3 is 0 Å². The summed E-state index contributed by atoms with van der Waals surface area (Å²) in [5.41, 5.74) is 0. The maximum absolute atomic E-state index is 13.1. The van der Waals surface area contributed by atoms with Crippen molar-refractivity contribution < 1.29 is 18.6 Å². The first kappa shape index (κ1) is 12.9. The van der Waals surface area contributed by atoms with E-state index in [-0.39, 0.29) is 12.4 Å². The molecule has 1 rings (SSSR count). The summed E-state index contributed by atoms with van der Waals surface area (Å²) in [7, 11) is 0. The standard InChI is InChI=1S/C9H8Br2F2O2/c10-3-6(14)4-15-8-2-5(11)1-7(12)9(8)13/h1-2,6,14H,3-4H2. The van der Waals surface area contributed by atoms with E-state index in [1.54, 1.807) is 0 Å². The van der Waals surface area contributed by atoms with Crippen molar-refractivity contribution in [3.8, 4) is 5.75 Å². The first-order valence-electron chi connectivity index (χ1n) is 4.06. The zero-order chi connectivity index (χ0) is 11.4. The Morgan fingerprint density at radius 2 is 2.07 bits per heavy atom. The number of aliphatic hydroxyl groups is 1. The van der Waals surface area contributed by atoms with Gasteiger partial charge in [0.1, 0.15) is 6.61 Å². The van der Waals surface area contributed by atoms with E-state index in [0.29, 0.717) is 9.80 Å². The molecule has 0 aromatic heterocycles. The Hall–Kier alpha value is -0.200. The number of aliphatic hydroxyl groups excluding tert-OH is 1. The quantitative estimate of drug-likeness (QED) is 0.671. The van der Waals surface area contributed by atoms with E-state index in [9.17, 15) is 8.78 Å². The number of ether oxygens (including phenoxy) is 1. The van der Waals surface area contributed by atoms with Gasteiger partial charge in [-0.25, -0.2) is 4.39 Å². The van der Waals surface area contributed by atoms with E-state index in [4.69, 9.17) is 9.84 Å². The molecule has 0 radical (unpaired) electrons. The molecule has 1 aromatic carbocycles. The molecule has 0 fully saturated rings. The largest absolute Gasteiger partial charge is 0.488 e. The average Bonchev–Trinajstić information content (AvgIpc) is 2.20. The predicted molar refractivity (Wildman–Crippen MR) is 59.4 cm³/mol. The van der Waals surface area contributed by atoms with Crippen LogP contribution in [0.4, 0.5) is 8.78 Å². The van der Waals surface area contributed by atoms with Crippen molar-refractivity contribution in [2.45, 2.75) is 6.10 Å². The van der Waals surface area contributed by atoms with Crippen molar-refractivity contribution in [2.24, 2.45) is 0 Å². The van der Waals surface area contributed by atoms with Crippen LogP contribution in [0.15, 0.2) is 16.6 Å². The van der Waals surface area contributed by atoms with E-state index < -0.39 is 17.7 Å². The highest BCUT2D eigenvalue weighted by Gasteiger charge is 2.12. The Kier molecular flexibility index (Phi) is 4.95. The lowest BCUT2D eigenvalue weighted by molar-refractivity contribution is 0.124. The van der Waals surface area contributed by atoms with Crippen molar-refractivity contribution in [1.29, 1.82) is 0 Å². The van der Waals surface area contributed by atoms with Crippen molar-refractivity contribution in [2.75, 3.05) is 11.9 Å². The number of rotatable bonds is 4. The molecular weight excluding hydrogens is 338 g/mol. The van der Waals surface area contributed by atoms with E-state index >= 15 is 0 Å². The lowest BCUT2D eigenvalue weighted by atomic mass is 10.3. The molecule has 0 saturated heterocycles. The van der Waals surface area contributed by atoms with E-state index in [1.807, 2.05) is 0 Å². The molecule has 1 unspecified atom stereocenters.